The summed E-state index contributed by atoms with van der Waals surface area (Å²) in [5.74, 6) is 1.54. The van der Waals surface area contributed by atoms with Gasteiger partial charge in [-0.2, -0.15) is 0 Å². The zero-order chi connectivity index (χ0) is 20.5. The number of carbonyl (C=O) groups is 1. The highest BCUT2D eigenvalue weighted by molar-refractivity contribution is 6.11. The normalized spacial score (nSPS) is 20.4. The van der Waals surface area contributed by atoms with Gasteiger partial charge >= 0.3 is 5.69 Å². The first-order valence-corrected chi connectivity index (χ1v) is 9.37. The van der Waals surface area contributed by atoms with Crippen LogP contribution in [0.25, 0.3) is 0 Å². The molecular weight excluding hydrogens is 390 g/mol. The Labute approximate surface area is 168 Å². The third-order valence-electron chi connectivity index (χ3n) is 5.79. The quantitative estimate of drug-likeness (QED) is 0.658. The molecule has 1 unspecified atom stereocenters. The average Bonchev–Trinajstić information content (AvgIpc) is 3.39. The first kappa shape index (κ1) is 16.9. The molecule has 0 saturated heterocycles. The van der Waals surface area contributed by atoms with Crippen molar-refractivity contribution >= 4 is 11.6 Å². The second kappa shape index (κ2) is 5.76. The molecule has 2 N–H and O–H groups in total. The van der Waals surface area contributed by atoms with Crippen LogP contribution in [0.2, 0.25) is 0 Å². The summed E-state index contributed by atoms with van der Waals surface area (Å²) >= 11 is 0. The molecule has 1 aromatic heterocycles. The number of nitrogens with zero attached hydrogens (tertiary/aromatic N) is 1. The van der Waals surface area contributed by atoms with Gasteiger partial charge in [-0.3, -0.25) is 14.6 Å². The summed E-state index contributed by atoms with van der Waals surface area (Å²) in [5, 5.41) is 0. The molecule has 1 spiro atoms. The molecule has 2 aromatic carbocycles. The van der Waals surface area contributed by atoms with Crippen molar-refractivity contribution in [2.24, 2.45) is 0 Å². The van der Waals surface area contributed by atoms with E-state index in [2.05, 4.69) is 9.97 Å². The van der Waals surface area contributed by atoms with E-state index >= 15 is 0 Å². The molecule has 3 aromatic rings. The number of carbonyl (C=O) groups excluding carboxylic acids is 1. The molecule has 0 bridgehead atoms. The van der Waals surface area contributed by atoms with Gasteiger partial charge in [-0.05, 0) is 17.7 Å². The van der Waals surface area contributed by atoms with Gasteiger partial charge in [0.05, 0.1) is 6.54 Å². The van der Waals surface area contributed by atoms with E-state index in [0.29, 0.717) is 34.2 Å². The van der Waals surface area contributed by atoms with Crippen molar-refractivity contribution in [3.63, 3.8) is 0 Å². The standard InChI is InChI=1S/C21H15N3O6/c25-18-5-11(22-20(27)23-18)8-24-14-4-2-1-3-12(14)21(19(24)26)9-28-15-7-17-16(6-13(15)21)29-10-30-17/h1-7H,8-10H2,(H2,22,23,25,27). The van der Waals surface area contributed by atoms with Gasteiger partial charge < -0.3 is 24.1 Å². The first-order chi connectivity index (χ1) is 14.6. The fourth-order valence-electron chi connectivity index (χ4n) is 4.50. The highest BCUT2D eigenvalue weighted by atomic mass is 16.7. The molecule has 1 atom stereocenters. The Hall–Kier alpha value is -4.01. The third kappa shape index (κ3) is 2.14. The summed E-state index contributed by atoms with van der Waals surface area (Å²) in [6.07, 6.45) is 0. The number of aromatic amines is 2. The highest BCUT2D eigenvalue weighted by Gasteiger charge is 2.57. The van der Waals surface area contributed by atoms with Crippen molar-refractivity contribution in [3.05, 3.63) is 80.1 Å². The molecule has 0 fully saturated rings. The van der Waals surface area contributed by atoms with E-state index in [-0.39, 0.29) is 25.9 Å². The van der Waals surface area contributed by atoms with E-state index in [1.54, 1.807) is 17.0 Å². The minimum atomic E-state index is -1.03. The maximum absolute atomic E-state index is 13.8. The highest BCUT2D eigenvalue weighted by Crippen LogP contribution is 2.55. The number of hydrogen-bond donors (Lipinski definition) is 2. The lowest BCUT2D eigenvalue weighted by molar-refractivity contribution is -0.122. The van der Waals surface area contributed by atoms with Crippen LogP contribution in [0.15, 0.2) is 52.1 Å². The Kier molecular flexibility index (Phi) is 3.24. The predicted octanol–water partition coefficient (Wildman–Crippen LogP) is 1.02. The van der Waals surface area contributed by atoms with Gasteiger partial charge in [-0.1, -0.05) is 18.2 Å². The summed E-state index contributed by atoms with van der Waals surface area (Å²) in [7, 11) is 0. The van der Waals surface area contributed by atoms with Crippen LogP contribution < -0.4 is 30.4 Å². The molecule has 4 heterocycles. The van der Waals surface area contributed by atoms with Gasteiger partial charge in [0.15, 0.2) is 11.5 Å². The molecule has 3 aliphatic rings. The minimum Gasteiger partial charge on any atom is -0.491 e. The minimum absolute atomic E-state index is 0.0522. The number of anilines is 1. The van der Waals surface area contributed by atoms with Gasteiger partial charge in [0.2, 0.25) is 12.7 Å². The van der Waals surface area contributed by atoms with Crippen molar-refractivity contribution in [2.75, 3.05) is 18.3 Å². The number of nitrogens with one attached hydrogen (secondary N) is 2. The molecule has 0 radical (unpaired) electrons. The van der Waals surface area contributed by atoms with Crippen LogP contribution in [-0.4, -0.2) is 29.3 Å². The number of fused-ring (bicyclic) bond motifs is 5. The van der Waals surface area contributed by atoms with Gasteiger partial charge in [-0.25, -0.2) is 4.79 Å². The van der Waals surface area contributed by atoms with Crippen molar-refractivity contribution < 1.29 is 19.0 Å². The van der Waals surface area contributed by atoms with E-state index < -0.39 is 16.7 Å². The number of hydrogen-bond acceptors (Lipinski definition) is 6. The summed E-state index contributed by atoms with van der Waals surface area (Å²) in [6.45, 7) is 0.317. The number of ether oxygens (including phenoxy) is 3. The zero-order valence-corrected chi connectivity index (χ0v) is 15.6. The maximum atomic E-state index is 13.8. The molecule has 1 amide bonds. The fraction of sp³-hybridized carbons (Fsp3) is 0.190. The van der Waals surface area contributed by atoms with Crippen LogP contribution in [0.5, 0.6) is 17.2 Å². The number of para-hydroxylation sites is 1. The van der Waals surface area contributed by atoms with Crippen LogP contribution in [0.1, 0.15) is 16.8 Å². The number of rotatable bonds is 2. The molecule has 0 aliphatic carbocycles. The number of amides is 1. The first-order valence-electron chi connectivity index (χ1n) is 9.37. The summed E-state index contributed by atoms with van der Waals surface area (Å²) in [5.41, 5.74) is 0.395. The van der Waals surface area contributed by atoms with Crippen LogP contribution in [-0.2, 0) is 16.8 Å². The fourth-order valence-corrected chi connectivity index (χ4v) is 4.50. The van der Waals surface area contributed by atoms with Gasteiger partial charge in [0, 0.05) is 29.1 Å². The summed E-state index contributed by atoms with van der Waals surface area (Å²) in [6, 6.07) is 12.3. The molecule has 6 rings (SSSR count). The number of aromatic nitrogens is 2. The molecule has 9 nitrogen and oxygen atoms in total. The topological polar surface area (TPSA) is 114 Å². The van der Waals surface area contributed by atoms with Gasteiger partial charge in [0.1, 0.15) is 17.8 Å². The van der Waals surface area contributed by atoms with Crippen LogP contribution in [0.4, 0.5) is 5.69 Å². The van der Waals surface area contributed by atoms with E-state index in [4.69, 9.17) is 14.2 Å². The van der Waals surface area contributed by atoms with Crippen molar-refractivity contribution in [1.82, 2.24) is 9.97 Å². The predicted molar refractivity (Wildman–Crippen MR) is 104 cm³/mol. The largest absolute Gasteiger partial charge is 0.491 e. The Bertz CT molecular complexity index is 1310. The lowest BCUT2D eigenvalue weighted by Crippen LogP contribution is -2.42. The monoisotopic (exact) mass is 405 g/mol. The Balaban J connectivity index is 1.51. The molecule has 9 heteroatoms. The van der Waals surface area contributed by atoms with Crippen molar-refractivity contribution in [3.8, 4) is 17.2 Å². The Morgan fingerprint density at radius 2 is 1.70 bits per heavy atom. The van der Waals surface area contributed by atoms with E-state index in [1.807, 2.05) is 24.3 Å². The van der Waals surface area contributed by atoms with Gasteiger partial charge in [0.25, 0.3) is 5.56 Å². The van der Waals surface area contributed by atoms with E-state index in [9.17, 15) is 14.4 Å². The van der Waals surface area contributed by atoms with Crippen LogP contribution in [0, 0.1) is 0 Å². The average molecular weight is 405 g/mol. The lowest BCUT2D eigenvalue weighted by Gasteiger charge is -2.23. The van der Waals surface area contributed by atoms with Crippen LogP contribution in [0.3, 0.4) is 0 Å². The molecule has 150 valence electrons. The van der Waals surface area contributed by atoms with E-state index in [1.165, 1.54) is 6.07 Å². The summed E-state index contributed by atoms with van der Waals surface area (Å²) in [4.78, 5) is 43.5. The lowest BCUT2D eigenvalue weighted by atomic mass is 9.77. The zero-order valence-electron chi connectivity index (χ0n) is 15.6. The molecular formula is C21H15N3O6. The van der Waals surface area contributed by atoms with Crippen molar-refractivity contribution in [1.29, 1.82) is 0 Å². The second-order valence-electron chi connectivity index (χ2n) is 7.42. The number of H-pyrrole nitrogens is 2. The number of benzene rings is 2. The second-order valence-corrected chi connectivity index (χ2v) is 7.42. The molecule has 0 saturated carbocycles. The Morgan fingerprint density at radius 3 is 2.53 bits per heavy atom. The third-order valence-corrected chi connectivity index (χ3v) is 5.79. The maximum Gasteiger partial charge on any atom is 0.325 e. The SMILES string of the molecule is O=C1N(Cc2cc(=O)[nH]c(=O)[nH]2)c2ccccc2C12COc1cc3c(cc12)OCO3. The van der Waals surface area contributed by atoms with Crippen molar-refractivity contribution in [2.45, 2.75) is 12.0 Å². The van der Waals surface area contributed by atoms with Gasteiger partial charge in [-0.15, -0.1) is 0 Å². The molecule has 30 heavy (non-hydrogen) atoms. The van der Waals surface area contributed by atoms with Crippen LogP contribution >= 0.6 is 0 Å². The Morgan fingerprint density at radius 1 is 0.900 bits per heavy atom. The summed E-state index contributed by atoms with van der Waals surface area (Å²) < 4.78 is 16.9. The smallest absolute Gasteiger partial charge is 0.325 e. The molecule has 3 aliphatic heterocycles. The van der Waals surface area contributed by atoms with E-state index in [0.717, 1.165) is 5.56 Å².